The molecule has 0 aromatic carbocycles. The fraction of sp³-hybridized carbons (Fsp3) is 0.647. The zero-order chi connectivity index (χ0) is 16.4. The molecule has 2 fully saturated rings. The minimum absolute atomic E-state index is 0.0417. The number of amides is 2. The topological polar surface area (TPSA) is 57.7 Å². The van der Waals surface area contributed by atoms with Gasteiger partial charge in [-0.3, -0.25) is 9.88 Å². The van der Waals surface area contributed by atoms with Crippen molar-refractivity contribution in [2.24, 2.45) is 0 Å². The summed E-state index contributed by atoms with van der Waals surface area (Å²) in [6.07, 6.45) is 2.27. The van der Waals surface area contributed by atoms with Crippen LogP contribution in [0.15, 0.2) is 18.2 Å². The first-order valence-electron chi connectivity index (χ1n) is 8.30. The molecule has 0 saturated carbocycles. The zero-order valence-corrected chi connectivity index (χ0v) is 14.2. The van der Waals surface area contributed by atoms with E-state index < -0.39 is 0 Å². The van der Waals surface area contributed by atoms with E-state index in [9.17, 15) is 4.79 Å². The Morgan fingerprint density at radius 1 is 1.48 bits per heavy atom. The molecule has 0 bridgehead atoms. The van der Waals surface area contributed by atoms with Crippen LogP contribution in [-0.2, 0) is 11.3 Å². The number of carbonyl (C=O) groups is 1. The van der Waals surface area contributed by atoms with Gasteiger partial charge < -0.3 is 15.0 Å². The van der Waals surface area contributed by atoms with E-state index in [-0.39, 0.29) is 18.2 Å². The SMILES string of the molecule is Cc1cccc(CN2C[C@@H](NC(=O)N(C)C)[C@H]3OCCC[C@H]32)n1. The van der Waals surface area contributed by atoms with Crippen molar-refractivity contribution in [1.29, 1.82) is 0 Å². The predicted octanol–water partition coefficient (Wildman–Crippen LogP) is 1.39. The maximum atomic E-state index is 12.0. The average molecular weight is 318 g/mol. The van der Waals surface area contributed by atoms with Crippen molar-refractivity contribution in [2.45, 2.75) is 44.5 Å². The lowest BCUT2D eigenvalue weighted by Gasteiger charge is -2.32. The summed E-state index contributed by atoms with van der Waals surface area (Å²) in [6.45, 7) is 4.41. The molecule has 2 amide bonds. The Hall–Kier alpha value is -1.66. The number of rotatable bonds is 3. The molecule has 23 heavy (non-hydrogen) atoms. The Labute approximate surface area is 137 Å². The van der Waals surface area contributed by atoms with Crippen LogP contribution in [0.3, 0.4) is 0 Å². The lowest BCUT2D eigenvalue weighted by Crippen LogP contribution is -2.50. The Balaban J connectivity index is 1.72. The predicted molar refractivity (Wildman–Crippen MR) is 88.2 cm³/mol. The first-order valence-corrected chi connectivity index (χ1v) is 8.30. The summed E-state index contributed by atoms with van der Waals surface area (Å²) >= 11 is 0. The van der Waals surface area contributed by atoms with Crippen LogP contribution in [0.5, 0.6) is 0 Å². The van der Waals surface area contributed by atoms with Gasteiger partial charge in [-0.25, -0.2) is 4.79 Å². The molecule has 1 aromatic rings. The Bertz CT molecular complexity index is 563. The molecule has 3 rings (SSSR count). The van der Waals surface area contributed by atoms with Crippen LogP contribution in [-0.4, -0.2) is 66.2 Å². The Kier molecular flexibility index (Phi) is 4.82. The molecule has 2 aliphatic rings. The number of nitrogens with one attached hydrogen (secondary N) is 1. The van der Waals surface area contributed by atoms with Gasteiger partial charge in [-0.05, 0) is 31.9 Å². The second-order valence-electron chi connectivity index (χ2n) is 6.70. The number of urea groups is 1. The van der Waals surface area contributed by atoms with Gasteiger partial charge in [0.15, 0.2) is 0 Å². The zero-order valence-electron chi connectivity index (χ0n) is 14.2. The highest BCUT2D eigenvalue weighted by molar-refractivity contribution is 5.74. The Morgan fingerprint density at radius 2 is 2.30 bits per heavy atom. The van der Waals surface area contributed by atoms with E-state index in [1.807, 2.05) is 19.1 Å². The van der Waals surface area contributed by atoms with Crippen LogP contribution in [0.25, 0.3) is 0 Å². The van der Waals surface area contributed by atoms with Crippen molar-refractivity contribution in [1.82, 2.24) is 20.1 Å². The molecule has 6 heteroatoms. The smallest absolute Gasteiger partial charge is 0.317 e. The molecule has 126 valence electrons. The van der Waals surface area contributed by atoms with E-state index >= 15 is 0 Å². The fourth-order valence-corrected chi connectivity index (χ4v) is 3.55. The Morgan fingerprint density at radius 3 is 3.04 bits per heavy atom. The fourth-order valence-electron chi connectivity index (χ4n) is 3.55. The van der Waals surface area contributed by atoms with Crippen LogP contribution in [0.4, 0.5) is 4.79 Å². The molecule has 6 nitrogen and oxygen atoms in total. The van der Waals surface area contributed by atoms with Gasteiger partial charge in [0.25, 0.3) is 0 Å². The number of likely N-dealkylation sites (tertiary alicyclic amines) is 1. The molecule has 1 aromatic heterocycles. The monoisotopic (exact) mass is 318 g/mol. The summed E-state index contributed by atoms with van der Waals surface area (Å²) < 4.78 is 5.99. The standard InChI is InChI=1S/C17H26N4O2/c1-12-6-4-7-13(18-12)10-21-11-14(19-17(22)20(2)3)16-15(21)8-5-9-23-16/h4,6-7,14-16H,5,8-11H2,1-3H3,(H,19,22)/t14-,15-,16-/m1/s1. The molecule has 2 saturated heterocycles. The van der Waals surface area contributed by atoms with Gasteiger partial charge in [-0.1, -0.05) is 6.07 Å². The number of hydrogen-bond acceptors (Lipinski definition) is 4. The molecule has 2 aliphatic heterocycles. The molecule has 0 aliphatic carbocycles. The number of hydrogen-bond donors (Lipinski definition) is 1. The number of aromatic nitrogens is 1. The van der Waals surface area contributed by atoms with Gasteiger partial charge in [-0.2, -0.15) is 0 Å². The second kappa shape index (κ2) is 6.84. The summed E-state index contributed by atoms with van der Waals surface area (Å²) in [5.74, 6) is 0. The highest BCUT2D eigenvalue weighted by Crippen LogP contribution is 2.30. The van der Waals surface area contributed by atoms with Crippen molar-refractivity contribution in [3.05, 3.63) is 29.6 Å². The van der Waals surface area contributed by atoms with Crippen LogP contribution in [0, 0.1) is 6.92 Å². The van der Waals surface area contributed by atoms with Crippen molar-refractivity contribution >= 4 is 6.03 Å². The number of ether oxygens (including phenoxy) is 1. The van der Waals surface area contributed by atoms with Crippen LogP contribution >= 0.6 is 0 Å². The summed E-state index contributed by atoms with van der Waals surface area (Å²) in [4.78, 5) is 20.6. The first-order chi connectivity index (χ1) is 11.0. The normalized spacial score (nSPS) is 27.5. The van der Waals surface area contributed by atoms with E-state index in [0.29, 0.717) is 6.04 Å². The molecular weight excluding hydrogens is 292 g/mol. The molecule has 0 unspecified atom stereocenters. The summed E-state index contributed by atoms with van der Waals surface area (Å²) in [6, 6.07) is 6.47. The van der Waals surface area contributed by atoms with Gasteiger partial charge in [0.2, 0.25) is 0 Å². The summed E-state index contributed by atoms with van der Waals surface area (Å²) in [5.41, 5.74) is 2.12. The molecular formula is C17H26N4O2. The summed E-state index contributed by atoms with van der Waals surface area (Å²) in [7, 11) is 3.52. The van der Waals surface area contributed by atoms with Crippen molar-refractivity contribution in [3.8, 4) is 0 Å². The number of carbonyl (C=O) groups excluding carboxylic acids is 1. The number of pyridine rings is 1. The van der Waals surface area contributed by atoms with E-state index in [1.54, 1.807) is 19.0 Å². The van der Waals surface area contributed by atoms with E-state index in [2.05, 4.69) is 21.3 Å². The highest BCUT2D eigenvalue weighted by atomic mass is 16.5. The van der Waals surface area contributed by atoms with Gasteiger partial charge >= 0.3 is 6.03 Å². The molecule has 0 spiro atoms. The highest BCUT2D eigenvalue weighted by Gasteiger charge is 2.44. The van der Waals surface area contributed by atoms with Gasteiger partial charge in [0, 0.05) is 45.5 Å². The first kappa shape index (κ1) is 16.2. The lowest BCUT2D eigenvalue weighted by atomic mass is 10.0. The third kappa shape index (κ3) is 3.64. The number of fused-ring (bicyclic) bond motifs is 1. The minimum Gasteiger partial charge on any atom is -0.374 e. The lowest BCUT2D eigenvalue weighted by molar-refractivity contribution is -0.0209. The maximum Gasteiger partial charge on any atom is 0.317 e. The van der Waals surface area contributed by atoms with Gasteiger partial charge in [0.1, 0.15) is 0 Å². The third-order valence-corrected chi connectivity index (χ3v) is 4.66. The second-order valence-corrected chi connectivity index (χ2v) is 6.70. The van der Waals surface area contributed by atoms with E-state index in [1.165, 1.54) is 0 Å². The molecule has 0 radical (unpaired) electrons. The summed E-state index contributed by atoms with van der Waals surface area (Å²) in [5, 5.41) is 3.10. The minimum atomic E-state index is -0.0570. The third-order valence-electron chi connectivity index (χ3n) is 4.66. The van der Waals surface area contributed by atoms with Gasteiger partial charge in [0.05, 0.1) is 17.8 Å². The van der Waals surface area contributed by atoms with Crippen LogP contribution < -0.4 is 5.32 Å². The van der Waals surface area contributed by atoms with Gasteiger partial charge in [-0.15, -0.1) is 0 Å². The molecule has 1 N–H and O–H groups in total. The van der Waals surface area contributed by atoms with Crippen molar-refractivity contribution < 1.29 is 9.53 Å². The van der Waals surface area contributed by atoms with Crippen molar-refractivity contribution in [3.63, 3.8) is 0 Å². The molecule has 3 atom stereocenters. The number of nitrogens with zero attached hydrogens (tertiary/aromatic N) is 3. The van der Waals surface area contributed by atoms with Crippen LogP contribution in [0.1, 0.15) is 24.2 Å². The maximum absolute atomic E-state index is 12.0. The number of aryl methyl sites for hydroxylation is 1. The molecule has 3 heterocycles. The van der Waals surface area contributed by atoms with Crippen LogP contribution in [0.2, 0.25) is 0 Å². The van der Waals surface area contributed by atoms with Crippen molar-refractivity contribution in [2.75, 3.05) is 27.2 Å². The van der Waals surface area contributed by atoms with E-state index in [0.717, 1.165) is 43.9 Å². The largest absolute Gasteiger partial charge is 0.374 e. The van der Waals surface area contributed by atoms with E-state index in [4.69, 9.17) is 4.74 Å². The average Bonchev–Trinajstić information content (AvgIpc) is 2.85. The quantitative estimate of drug-likeness (QED) is 0.915.